The molecule has 0 radical (unpaired) electrons. The van der Waals surface area contributed by atoms with Gasteiger partial charge in [0.15, 0.2) is 0 Å². The second-order valence-electron chi connectivity index (χ2n) is 8.31. The number of carbonyl (C=O) groups is 1. The van der Waals surface area contributed by atoms with Gasteiger partial charge in [0.25, 0.3) is 16.0 Å². The van der Waals surface area contributed by atoms with Crippen molar-refractivity contribution in [3.8, 4) is 11.5 Å². The maximum absolute atomic E-state index is 13.5. The van der Waals surface area contributed by atoms with Gasteiger partial charge in [-0.3, -0.25) is 9.35 Å². The Balaban J connectivity index is 0.00000441. The molecule has 4 aromatic carbocycles. The van der Waals surface area contributed by atoms with Gasteiger partial charge in [-0.1, -0.05) is 60.1 Å². The maximum Gasteiger partial charge on any atom is 1.00 e. The first-order valence-electron chi connectivity index (χ1n) is 11.7. The Morgan fingerprint density at radius 1 is 1.02 bits per heavy atom. The molecule has 0 unspecified atom stereocenters. The number of benzene rings is 4. The van der Waals surface area contributed by atoms with Crippen molar-refractivity contribution < 1.29 is 57.2 Å². The van der Waals surface area contributed by atoms with Gasteiger partial charge in [-0.15, -0.1) is 5.11 Å². The van der Waals surface area contributed by atoms with Crippen molar-refractivity contribution in [2.24, 2.45) is 10.2 Å². The Morgan fingerprint density at radius 2 is 1.75 bits per heavy atom. The van der Waals surface area contributed by atoms with E-state index in [9.17, 15) is 22.9 Å². The van der Waals surface area contributed by atoms with E-state index < -0.39 is 26.7 Å². The number of ether oxygens (including phenoxy) is 1. The summed E-state index contributed by atoms with van der Waals surface area (Å²) >= 11 is 12.2. The van der Waals surface area contributed by atoms with Crippen LogP contribution < -0.4 is 44.7 Å². The summed E-state index contributed by atoms with van der Waals surface area (Å²) in [5.41, 5.74) is 0.336. The van der Waals surface area contributed by atoms with Crippen LogP contribution in [0.2, 0.25) is 10.0 Å². The van der Waals surface area contributed by atoms with Gasteiger partial charge in [-0.05, 0) is 54.6 Å². The minimum Gasteiger partial charge on any atom is -0.870 e. The van der Waals surface area contributed by atoms with Crippen LogP contribution in [-0.2, 0) is 16.5 Å². The quantitative estimate of drug-likeness (QED) is 0.175. The van der Waals surface area contributed by atoms with Crippen molar-refractivity contribution in [1.82, 2.24) is 0 Å². The van der Waals surface area contributed by atoms with E-state index in [0.29, 0.717) is 45.8 Å². The smallest absolute Gasteiger partial charge is 0.870 e. The number of nitrogens with zero attached hydrogens (tertiary/aromatic N) is 2. The number of fused-ring (bicyclic) bond motifs is 1. The monoisotopic (exact) mass is 609 g/mol. The maximum atomic E-state index is 13.5. The van der Waals surface area contributed by atoms with Crippen LogP contribution in [0.3, 0.4) is 0 Å². The van der Waals surface area contributed by atoms with Gasteiger partial charge >= 0.3 is 29.6 Å². The van der Waals surface area contributed by atoms with Gasteiger partial charge in [0, 0.05) is 22.7 Å². The number of carbonyl (C=O) groups excluding carboxylic acids is 1. The number of aryl methyl sites for hydroxylation is 1. The Morgan fingerprint density at radius 3 is 2.42 bits per heavy atom. The van der Waals surface area contributed by atoms with E-state index in [1.807, 2.05) is 6.92 Å². The zero-order chi connectivity index (χ0) is 28.3. The van der Waals surface area contributed by atoms with Gasteiger partial charge in [0.1, 0.15) is 16.3 Å². The molecular weight excluding hydrogens is 588 g/mol. The van der Waals surface area contributed by atoms with Crippen LogP contribution >= 0.6 is 23.2 Å². The number of hydrogen-bond donors (Lipinski definition) is 2. The van der Waals surface area contributed by atoms with E-state index in [1.54, 1.807) is 43.3 Å². The fourth-order valence-corrected chi connectivity index (χ4v) is 5.27. The van der Waals surface area contributed by atoms with E-state index in [2.05, 4.69) is 15.5 Å². The van der Waals surface area contributed by atoms with Crippen LogP contribution in [0.5, 0.6) is 11.5 Å². The molecule has 0 heterocycles. The van der Waals surface area contributed by atoms with E-state index in [-0.39, 0.29) is 51.5 Å². The molecule has 0 aliphatic heterocycles. The van der Waals surface area contributed by atoms with Gasteiger partial charge < -0.3 is 15.2 Å². The zero-order valence-corrected chi connectivity index (χ0v) is 26.1. The number of rotatable bonds is 8. The molecular formula is C27H22Cl2N3NaO6S. The molecule has 9 nitrogen and oxygen atoms in total. The van der Waals surface area contributed by atoms with E-state index >= 15 is 0 Å². The second-order valence-corrected chi connectivity index (χ2v) is 10.5. The summed E-state index contributed by atoms with van der Waals surface area (Å²) in [6.07, 6.45) is 0.495. The number of hydrogen-bond acceptors (Lipinski definition) is 7. The minimum absolute atomic E-state index is 0. The molecule has 0 fully saturated rings. The Bertz CT molecular complexity index is 1730. The molecule has 0 saturated heterocycles. The average molecular weight is 610 g/mol. The third-order valence-corrected chi connectivity index (χ3v) is 7.38. The number of nitrogens with one attached hydrogen (secondary N) is 1. The largest absolute Gasteiger partial charge is 1.00 e. The van der Waals surface area contributed by atoms with Gasteiger partial charge in [-0.25, -0.2) is 0 Å². The van der Waals surface area contributed by atoms with E-state index in [4.69, 9.17) is 27.9 Å². The van der Waals surface area contributed by atoms with Crippen molar-refractivity contribution in [2.45, 2.75) is 25.2 Å². The molecule has 0 bridgehead atoms. The summed E-state index contributed by atoms with van der Waals surface area (Å²) < 4.78 is 39.2. The van der Waals surface area contributed by atoms with Crippen LogP contribution in [-0.4, -0.2) is 25.5 Å². The third kappa shape index (κ3) is 6.95. The molecule has 4 aromatic rings. The first-order chi connectivity index (χ1) is 18.5. The predicted molar refractivity (Wildman–Crippen MR) is 149 cm³/mol. The first kappa shape index (κ1) is 31.8. The van der Waals surface area contributed by atoms with Crippen LogP contribution in [0, 0.1) is 0 Å². The van der Waals surface area contributed by atoms with Crippen LogP contribution in [0.1, 0.15) is 29.8 Å². The van der Waals surface area contributed by atoms with Crippen LogP contribution in [0.25, 0.3) is 10.8 Å². The Kier molecular flexibility index (Phi) is 10.6. The molecule has 13 heteroatoms. The van der Waals surface area contributed by atoms with Gasteiger partial charge in [0.05, 0.1) is 22.3 Å². The molecule has 40 heavy (non-hydrogen) atoms. The molecule has 0 aromatic heterocycles. The minimum atomic E-state index is -4.76. The predicted octanol–water partition coefficient (Wildman–Crippen LogP) is 4.10. The molecule has 0 atom stereocenters. The van der Waals surface area contributed by atoms with Crippen LogP contribution in [0.15, 0.2) is 75.8 Å². The molecule has 0 aliphatic carbocycles. The van der Waals surface area contributed by atoms with Crippen molar-refractivity contribution in [3.05, 3.63) is 81.8 Å². The molecule has 0 saturated carbocycles. The van der Waals surface area contributed by atoms with Crippen molar-refractivity contribution >= 4 is 67.1 Å². The average Bonchev–Trinajstić information content (AvgIpc) is 2.88. The number of halogens is 2. The zero-order valence-electron chi connectivity index (χ0n) is 21.7. The SMILES string of the molecule is CCOc1cc(NC(=O)c2cc3ccccc3c(N=Nc3cc(CC)cc(Cl)c3S(=O)(=O)O)c2[O-])ccc1Cl.[Na+]. The molecule has 0 spiro atoms. The third-order valence-electron chi connectivity index (χ3n) is 5.72. The van der Waals surface area contributed by atoms with E-state index in [1.165, 1.54) is 24.3 Å². The molecule has 4 rings (SSSR count). The van der Waals surface area contributed by atoms with E-state index in [0.717, 1.165) is 0 Å². The van der Waals surface area contributed by atoms with Gasteiger partial charge in [-0.2, -0.15) is 13.5 Å². The first-order valence-corrected chi connectivity index (χ1v) is 13.9. The Hall–Kier alpha value is -2.70. The van der Waals surface area contributed by atoms with Crippen molar-refractivity contribution in [3.63, 3.8) is 0 Å². The number of anilines is 1. The van der Waals surface area contributed by atoms with Crippen molar-refractivity contribution in [2.75, 3.05) is 11.9 Å². The number of amides is 1. The molecule has 1 amide bonds. The summed E-state index contributed by atoms with van der Waals surface area (Å²) in [4.78, 5) is 12.6. The second kappa shape index (κ2) is 13.3. The Labute approximate surface area is 263 Å². The van der Waals surface area contributed by atoms with Crippen molar-refractivity contribution in [1.29, 1.82) is 0 Å². The molecule has 0 aliphatic rings. The van der Waals surface area contributed by atoms with Gasteiger partial charge in [0.2, 0.25) is 0 Å². The standard InChI is InChI=1S/C27H23Cl2N3O6S.Na/c1-3-15-11-21(29)26(39(35,36)37)22(12-15)31-32-24-18-8-6-5-7-16(18)13-19(25(24)33)27(34)30-17-9-10-20(28)23(14-17)38-4-2;/h5-14,33H,3-4H2,1-2H3,(H,30,34)(H,35,36,37);/q;+1/p-1. The molecule has 2 N–H and O–H groups in total. The summed E-state index contributed by atoms with van der Waals surface area (Å²) in [7, 11) is -4.76. The normalized spacial score (nSPS) is 11.4. The summed E-state index contributed by atoms with van der Waals surface area (Å²) in [6.45, 7) is 3.98. The number of azo groups is 1. The topological polar surface area (TPSA) is 140 Å². The fourth-order valence-electron chi connectivity index (χ4n) is 3.89. The summed E-state index contributed by atoms with van der Waals surface area (Å²) in [5.74, 6) is -1.07. The van der Waals surface area contributed by atoms with Crippen LogP contribution in [0.4, 0.5) is 17.1 Å². The molecule has 202 valence electrons. The fraction of sp³-hybridized carbons (Fsp3) is 0.148. The summed E-state index contributed by atoms with van der Waals surface area (Å²) in [5, 5.41) is 25.2. The summed E-state index contributed by atoms with van der Waals surface area (Å²) in [6, 6.07) is 15.6.